The summed E-state index contributed by atoms with van der Waals surface area (Å²) in [4.78, 5) is 38.5. The van der Waals surface area contributed by atoms with Crippen LogP contribution < -0.4 is 14.8 Å². The molecule has 0 radical (unpaired) electrons. The number of phenols is 2. The molecular weight excluding hydrogens is 420 g/mol. The number of likely N-dealkylation sites (N-methyl/N-ethyl adjacent to an activating group) is 1. The van der Waals surface area contributed by atoms with Gasteiger partial charge in [0.25, 0.3) is 0 Å². The van der Waals surface area contributed by atoms with Crippen LogP contribution in [0.4, 0.5) is 5.69 Å². The summed E-state index contributed by atoms with van der Waals surface area (Å²) in [6, 6.07) is 5.71. The van der Waals surface area contributed by atoms with E-state index in [4.69, 9.17) is 14.6 Å². The Morgan fingerprint density at radius 1 is 1.19 bits per heavy atom. The molecule has 168 valence electrons. The SMILES string of the molecule is CN1Cc2cc3c(cc2[C@](C)(CCC(=O)Nc2c(O)ccc(C(=O)O)c2O)C1=O)OCO3. The molecule has 0 bridgehead atoms. The molecule has 0 spiro atoms. The molecule has 2 aliphatic rings. The molecule has 2 amide bonds. The van der Waals surface area contributed by atoms with Crippen LogP contribution in [0.1, 0.15) is 41.3 Å². The highest BCUT2D eigenvalue weighted by molar-refractivity contribution is 6.00. The van der Waals surface area contributed by atoms with Crippen molar-refractivity contribution < 1.29 is 39.2 Å². The maximum atomic E-state index is 13.1. The van der Waals surface area contributed by atoms with Crippen molar-refractivity contribution in [2.75, 3.05) is 19.2 Å². The summed E-state index contributed by atoms with van der Waals surface area (Å²) in [6.07, 6.45) is 0.00887. The number of rotatable bonds is 5. The number of phenolic OH excluding ortho intramolecular Hbond substituents is 1. The highest BCUT2D eigenvalue weighted by Crippen LogP contribution is 2.44. The summed E-state index contributed by atoms with van der Waals surface area (Å²) in [6.45, 7) is 2.25. The van der Waals surface area contributed by atoms with Crippen molar-refractivity contribution in [3.63, 3.8) is 0 Å². The Balaban J connectivity index is 1.58. The van der Waals surface area contributed by atoms with Crippen molar-refractivity contribution in [3.05, 3.63) is 41.0 Å². The molecule has 2 heterocycles. The van der Waals surface area contributed by atoms with Crippen LogP contribution in [0.2, 0.25) is 0 Å². The van der Waals surface area contributed by atoms with Crippen molar-refractivity contribution in [1.82, 2.24) is 4.90 Å². The van der Waals surface area contributed by atoms with E-state index in [-0.39, 0.29) is 25.5 Å². The fraction of sp³-hybridized carbons (Fsp3) is 0.318. The summed E-state index contributed by atoms with van der Waals surface area (Å²) in [5.41, 5.74) is -0.233. The molecule has 4 N–H and O–H groups in total. The van der Waals surface area contributed by atoms with Crippen LogP contribution in [0.3, 0.4) is 0 Å². The van der Waals surface area contributed by atoms with Crippen molar-refractivity contribution in [1.29, 1.82) is 0 Å². The summed E-state index contributed by atoms with van der Waals surface area (Å²) < 4.78 is 10.9. The van der Waals surface area contributed by atoms with Crippen LogP contribution in [0, 0.1) is 0 Å². The normalized spacial score (nSPS) is 18.9. The van der Waals surface area contributed by atoms with Crippen molar-refractivity contribution in [2.45, 2.75) is 31.7 Å². The van der Waals surface area contributed by atoms with Gasteiger partial charge < -0.3 is 35.0 Å². The molecule has 2 aromatic carbocycles. The number of carbonyl (C=O) groups excluding carboxylic acids is 2. The molecule has 10 heteroatoms. The van der Waals surface area contributed by atoms with Gasteiger partial charge in [-0.25, -0.2) is 4.79 Å². The van der Waals surface area contributed by atoms with Crippen LogP contribution >= 0.6 is 0 Å². The molecule has 0 saturated carbocycles. The largest absolute Gasteiger partial charge is 0.506 e. The maximum absolute atomic E-state index is 13.1. The quantitative estimate of drug-likeness (QED) is 0.516. The average Bonchev–Trinajstić information content (AvgIpc) is 3.20. The molecule has 2 aliphatic heterocycles. The fourth-order valence-corrected chi connectivity index (χ4v) is 4.18. The van der Waals surface area contributed by atoms with Crippen molar-refractivity contribution >= 4 is 23.5 Å². The highest BCUT2D eigenvalue weighted by atomic mass is 16.7. The van der Waals surface area contributed by atoms with Gasteiger partial charge in [0.2, 0.25) is 18.6 Å². The smallest absolute Gasteiger partial charge is 0.339 e. The topological polar surface area (TPSA) is 146 Å². The third-order valence-corrected chi connectivity index (χ3v) is 5.92. The minimum atomic E-state index is -1.41. The summed E-state index contributed by atoms with van der Waals surface area (Å²) in [5, 5.41) is 31.5. The van der Waals surface area contributed by atoms with Crippen LogP contribution in [0.15, 0.2) is 24.3 Å². The van der Waals surface area contributed by atoms with E-state index in [9.17, 15) is 24.6 Å². The van der Waals surface area contributed by atoms with Crippen LogP contribution in [-0.2, 0) is 21.5 Å². The second-order valence-electron chi connectivity index (χ2n) is 8.07. The molecule has 0 aliphatic carbocycles. The maximum Gasteiger partial charge on any atom is 0.339 e. The Labute approximate surface area is 183 Å². The number of fused-ring (bicyclic) bond motifs is 2. The molecule has 0 aromatic heterocycles. The second kappa shape index (κ2) is 7.63. The van der Waals surface area contributed by atoms with Crippen LogP contribution in [0.5, 0.6) is 23.0 Å². The van der Waals surface area contributed by atoms with E-state index in [0.717, 1.165) is 23.3 Å². The first-order chi connectivity index (χ1) is 15.1. The minimum Gasteiger partial charge on any atom is -0.506 e. The molecule has 2 aromatic rings. The summed E-state index contributed by atoms with van der Waals surface area (Å²) in [7, 11) is 1.68. The number of carbonyl (C=O) groups is 3. The first-order valence-corrected chi connectivity index (χ1v) is 9.88. The van der Waals surface area contributed by atoms with E-state index < -0.39 is 40.0 Å². The third-order valence-electron chi connectivity index (χ3n) is 5.92. The zero-order valence-corrected chi connectivity index (χ0v) is 17.5. The number of ether oxygens (including phenoxy) is 2. The van der Waals surface area contributed by atoms with Gasteiger partial charge in [-0.3, -0.25) is 9.59 Å². The van der Waals surface area contributed by atoms with E-state index in [1.165, 1.54) is 0 Å². The number of aromatic hydroxyl groups is 2. The number of carboxylic acids is 1. The molecule has 1 atom stereocenters. The summed E-state index contributed by atoms with van der Waals surface area (Å²) in [5.74, 6) is -2.23. The van der Waals surface area contributed by atoms with Gasteiger partial charge in [-0.2, -0.15) is 0 Å². The van der Waals surface area contributed by atoms with Gasteiger partial charge in [-0.1, -0.05) is 0 Å². The monoisotopic (exact) mass is 442 g/mol. The molecular formula is C22H22N2O8. The summed E-state index contributed by atoms with van der Waals surface area (Å²) >= 11 is 0. The molecule has 4 rings (SSSR count). The number of amides is 2. The van der Waals surface area contributed by atoms with Gasteiger partial charge in [0, 0.05) is 20.0 Å². The third kappa shape index (κ3) is 3.43. The molecule has 0 unspecified atom stereocenters. The second-order valence-corrected chi connectivity index (χ2v) is 8.07. The Kier molecular flexibility index (Phi) is 5.08. The highest BCUT2D eigenvalue weighted by Gasteiger charge is 2.43. The lowest BCUT2D eigenvalue weighted by molar-refractivity contribution is -0.137. The average molecular weight is 442 g/mol. The van der Waals surface area contributed by atoms with Crippen molar-refractivity contribution in [2.24, 2.45) is 0 Å². The minimum absolute atomic E-state index is 0.101. The number of nitrogens with one attached hydrogen (secondary N) is 1. The number of hydrogen-bond donors (Lipinski definition) is 4. The number of carboxylic acid groups (broad SMARTS) is 1. The van der Waals surface area contributed by atoms with E-state index >= 15 is 0 Å². The van der Waals surface area contributed by atoms with E-state index in [1.807, 2.05) is 6.07 Å². The number of anilines is 1. The lowest BCUT2D eigenvalue weighted by atomic mass is 9.72. The van der Waals surface area contributed by atoms with Crippen molar-refractivity contribution in [3.8, 4) is 23.0 Å². The zero-order valence-electron chi connectivity index (χ0n) is 17.5. The number of aromatic carboxylic acids is 1. The van der Waals surface area contributed by atoms with E-state index in [1.54, 1.807) is 24.9 Å². The Morgan fingerprint density at radius 3 is 2.56 bits per heavy atom. The number of benzene rings is 2. The standard InChI is InChI=1S/C22H22N2O8/c1-22(6-5-17(26)23-18-14(25)4-3-12(19(18)27)20(28)29)13-8-16-15(31-10-32-16)7-11(13)9-24(2)21(22)30/h3-4,7-8,25,27H,5-6,9-10H2,1-2H3,(H,23,26)(H,28,29)/t22-/m0/s1. The molecule has 0 fully saturated rings. The lowest BCUT2D eigenvalue weighted by Gasteiger charge is -2.39. The van der Waals surface area contributed by atoms with Crippen LogP contribution in [-0.4, -0.2) is 51.8 Å². The predicted octanol–water partition coefficient (Wildman–Crippen LogP) is 2.17. The number of nitrogens with zero attached hydrogens (tertiary/aromatic N) is 1. The Bertz CT molecular complexity index is 1150. The van der Waals surface area contributed by atoms with Gasteiger partial charge in [-0.05, 0) is 48.7 Å². The first-order valence-electron chi connectivity index (χ1n) is 9.88. The van der Waals surface area contributed by atoms with Crippen LogP contribution in [0.25, 0.3) is 0 Å². The zero-order chi connectivity index (χ0) is 23.2. The van der Waals surface area contributed by atoms with Gasteiger partial charge in [0.1, 0.15) is 17.0 Å². The van der Waals surface area contributed by atoms with E-state index in [2.05, 4.69) is 5.32 Å². The predicted molar refractivity (Wildman–Crippen MR) is 111 cm³/mol. The molecule has 10 nitrogen and oxygen atoms in total. The number of hydrogen-bond acceptors (Lipinski definition) is 7. The molecule has 32 heavy (non-hydrogen) atoms. The Hall–Kier alpha value is -3.95. The van der Waals surface area contributed by atoms with Gasteiger partial charge in [-0.15, -0.1) is 0 Å². The first kappa shape index (κ1) is 21.3. The van der Waals surface area contributed by atoms with Gasteiger partial charge >= 0.3 is 5.97 Å². The lowest BCUT2D eigenvalue weighted by Crippen LogP contribution is -2.48. The van der Waals surface area contributed by atoms with Gasteiger partial charge in [0.05, 0.1) is 5.41 Å². The fourth-order valence-electron chi connectivity index (χ4n) is 4.18. The molecule has 0 saturated heterocycles. The van der Waals surface area contributed by atoms with E-state index in [0.29, 0.717) is 18.0 Å². The Morgan fingerprint density at radius 2 is 1.88 bits per heavy atom. The van der Waals surface area contributed by atoms with Gasteiger partial charge in [0.15, 0.2) is 17.2 Å².